The number of benzene rings is 1. The maximum atomic E-state index is 12.4. The lowest BCUT2D eigenvalue weighted by Crippen LogP contribution is -2.41. The maximum Gasteiger partial charge on any atom is 0.491 e. The lowest BCUT2D eigenvalue weighted by Gasteiger charge is -2.32. The smallest absolute Gasteiger partial charge is 0.400 e. The molecule has 0 spiro atoms. The van der Waals surface area contributed by atoms with Gasteiger partial charge < -0.3 is 14.6 Å². The minimum Gasteiger partial charge on any atom is -0.400 e. The van der Waals surface area contributed by atoms with Gasteiger partial charge in [0.05, 0.1) is 21.3 Å². The van der Waals surface area contributed by atoms with Crippen LogP contribution >= 0.6 is 0 Å². The fraction of sp³-hybridized carbons (Fsp3) is 0.579. The Labute approximate surface area is 158 Å². The quantitative estimate of drug-likeness (QED) is 0.770. The molecule has 1 N–H and O–H groups in total. The van der Waals surface area contributed by atoms with Gasteiger partial charge in [0.15, 0.2) is 9.84 Å². The van der Waals surface area contributed by atoms with E-state index >= 15 is 0 Å². The van der Waals surface area contributed by atoms with E-state index in [1.807, 2.05) is 46.9 Å². The largest absolute Gasteiger partial charge is 0.491 e. The molecule has 1 aromatic rings. The Bertz CT molecular complexity index is 768. The van der Waals surface area contributed by atoms with Crippen LogP contribution in [0.5, 0.6) is 0 Å². The Morgan fingerprint density at radius 2 is 1.77 bits per heavy atom. The Kier molecular flexibility index (Phi) is 6.08. The number of nitrogens with one attached hydrogen (secondary N) is 1. The van der Waals surface area contributed by atoms with E-state index in [0.29, 0.717) is 11.4 Å². The van der Waals surface area contributed by atoms with Crippen LogP contribution in [-0.2, 0) is 19.1 Å². The third-order valence-electron chi connectivity index (χ3n) is 5.10. The van der Waals surface area contributed by atoms with Crippen molar-refractivity contribution in [2.24, 2.45) is 0 Å². The number of rotatable bonds is 6. The predicted molar refractivity (Wildman–Crippen MR) is 107 cm³/mol. The average Bonchev–Trinajstić information content (AvgIpc) is 2.75. The molecule has 0 aliphatic carbocycles. The van der Waals surface area contributed by atoms with Gasteiger partial charge in [-0.15, -0.1) is 0 Å². The molecule has 0 amide bonds. The second-order valence-corrected chi connectivity index (χ2v) is 10.5. The molecule has 0 bridgehead atoms. The molecule has 144 valence electrons. The summed E-state index contributed by atoms with van der Waals surface area (Å²) in [6.07, 6.45) is 1.94. The molecule has 0 saturated carbocycles. The summed E-state index contributed by atoms with van der Waals surface area (Å²) in [5, 5.41) is 2.68. The molecule has 2 rings (SSSR count). The van der Waals surface area contributed by atoms with Gasteiger partial charge in [-0.25, -0.2) is 8.42 Å². The highest BCUT2D eigenvalue weighted by molar-refractivity contribution is 7.92. The lowest BCUT2D eigenvalue weighted by molar-refractivity contribution is 0.00578. The van der Waals surface area contributed by atoms with Gasteiger partial charge in [-0.2, -0.15) is 0 Å². The highest BCUT2D eigenvalue weighted by Gasteiger charge is 2.52. The van der Waals surface area contributed by atoms with E-state index in [2.05, 4.69) is 5.32 Å². The predicted octanol–water partition coefficient (Wildman–Crippen LogP) is 3.10. The molecule has 0 aromatic heterocycles. The molecule has 0 unspecified atom stereocenters. The van der Waals surface area contributed by atoms with Gasteiger partial charge in [0.1, 0.15) is 0 Å². The molecule has 26 heavy (non-hydrogen) atoms. The van der Waals surface area contributed by atoms with Crippen molar-refractivity contribution in [3.63, 3.8) is 0 Å². The first-order chi connectivity index (χ1) is 11.9. The Morgan fingerprint density at radius 3 is 2.27 bits per heavy atom. The number of hydrogen-bond acceptors (Lipinski definition) is 5. The molecule has 0 atom stereocenters. The zero-order valence-electron chi connectivity index (χ0n) is 16.8. The molecule has 1 aliphatic rings. The maximum absolute atomic E-state index is 12.4. The van der Waals surface area contributed by atoms with Crippen molar-refractivity contribution in [1.29, 1.82) is 0 Å². The third kappa shape index (κ3) is 4.22. The summed E-state index contributed by atoms with van der Waals surface area (Å²) in [6, 6.07) is 7.00. The second-order valence-electron chi connectivity index (χ2n) is 8.00. The topological polar surface area (TPSA) is 64.6 Å². The van der Waals surface area contributed by atoms with Crippen LogP contribution in [0, 0.1) is 0 Å². The van der Waals surface area contributed by atoms with Crippen molar-refractivity contribution in [2.75, 3.05) is 13.6 Å². The Balaban J connectivity index is 2.39. The highest BCUT2D eigenvalue weighted by atomic mass is 32.2. The monoisotopic (exact) mass is 379 g/mol. The van der Waals surface area contributed by atoms with Gasteiger partial charge in [0.25, 0.3) is 0 Å². The molecule has 1 saturated heterocycles. The molecule has 0 radical (unpaired) electrons. The van der Waals surface area contributed by atoms with E-state index < -0.39 is 33.4 Å². The molecule has 7 heteroatoms. The Morgan fingerprint density at radius 1 is 1.19 bits per heavy atom. The van der Waals surface area contributed by atoms with E-state index in [-0.39, 0.29) is 0 Å². The molecular weight excluding hydrogens is 349 g/mol. The summed E-state index contributed by atoms with van der Waals surface area (Å²) < 4.78 is 37.2. The first-order valence-corrected chi connectivity index (χ1v) is 10.5. The van der Waals surface area contributed by atoms with Gasteiger partial charge >= 0.3 is 7.12 Å². The van der Waals surface area contributed by atoms with Gasteiger partial charge in [-0.1, -0.05) is 18.2 Å². The summed E-state index contributed by atoms with van der Waals surface area (Å²) in [5.74, 6) is 0. The lowest BCUT2D eigenvalue weighted by atomic mass is 9.77. The summed E-state index contributed by atoms with van der Waals surface area (Å²) in [4.78, 5) is 0.332. The van der Waals surface area contributed by atoms with Crippen LogP contribution in [0.2, 0.25) is 0 Å². The van der Waals surface area contributed by atoms with Crippen molar-refractivity contribution >= 4 is 23.0 Å². The molecule has 1 aromatic carbocycles. The zero-order valence-corrected chi connectivity index (χ0v) is 17.6. The summed E-state index contributed by atoms with van der Waals surface area (Å²) in [6.45, 7) is 12.0. The van der Waals surface area contributed by atoms with Gasteiger partial charge in [-0.3, -0.25) is 0 Å². The first kappa shape index (κ1) is 21.2. The number of hydrogen-bond donors (Lipinski definition) is 1. The Hall–Kier alpha value is -1.15. The molecule has 1 aliphatic heterocycles. The number of likely N-dealkylation sites (N-methyl/N-ethyl adjacent to an activating group) is 1. The zero-order chi connectivity index (χ0) is 19.8. The van der Waals surface area contributed by atoms with Gasteiger partial charge in [0.2, 0.25) is 0 Å². The van der Waals surface area contributed by atoms with E-state index in [9.17, 15) is 8.42 Å². The molecular formula is C19H30BNO4S. The molecule has 1 fully saturated rings. The van der Waals surface area contributed by atoms with Crippen LogP contribution in [-0.4, -0.2) is 45.6 Å². The summed E-state index contributed by atoms with van der Waals surface area (Å²) >= 11 is 0. The average molecular weight is 379 g/mol. The van der Waals surface area contributed by atoms with Crippen LogP contribution in [0.4, 0.5) is 0 Å². The van der Waals surface area contributed by atoms with Crippen LogP contribution in [0.3, 0.4) is 0 Å². The normalized spacial score (nSPS) is 20.0. The SMILES string of the molecule is CNCC(=Cc1cccc(S(=O)(=O)C(C)C)c1)B1OC(C)(C)C(C)(C)O1. The van der Waals surface area contributed by atoms with Crippen LogP contribution < -0.4 is 5.32 Å². The first-order valence-electron chi connectivity index (χ1n) is 8.95. The minimum absolute atomic E-state index is 0.332. The second kappa shape index (κ2) is 7.47. The third-order valence-corrected chi connectivity index (χ3v) is 7.25. The van der Waals surface area contributed by atoms with Gasteiger partial charge in [0, 0.05) is 6.54 Å². The standard InChI is InChI=1S/C19H30BNO4S/c1-14(2)26(22,23)17-10-8-9-15(12-17)11-16(13-21-7)20-24-18(3,4)19(5,6)25-20/h8-12,14,21H,13H2,1-7H3. The number of sulfone groups is 1. The van der Waals surface area contributed by atoms with Crippen molar-refractivity contribution in [1.82, 2.24) is 5.32 Å². The van der Waals surface area contributed by atoms with Crippen molar-refractivity contribution in [2.45, 2.75) is 62.9 Å². The van der Waals surface area contributed by atoms with Crippen molar-refractivity contribution < 1.29 is 17.7 Å². The fourth-order valence-electron chi connectivity index (χ4n) is 2.67. The highest BCUT2D eigenvalue weighted by Crippen LogP contribution is 2.38. The minimum atomic E-state index is -3.31. The van der Waals surface area contributed by atoms with E-state index in [1.54, 1.807) is 32.0 Å². The van der Waals surface area contributed by atoms with E-state index in [1.165, 1.54) is 0 Å². The van der Waals surface area contributed by atoms with E-state index in [4.69, 9.17) is 9.31 Å². The van der Waals surface area contributed by atoms with Gasteiger partial charge in [-0.05, 0) is 71.8 Å². The summed E-state index contributed by atoms with van der Waals surface area (Å²) in [5.41, 5.74) is 0.887. The molecule has 5 nitrogen and oxygen atoms in total. The summed E-state index contributed by atoms with van der Waals surface area (Å²) in [7, 11) is -1.93. The van der Waals surface area contributed by atoms with Crippen LogP contribution in [0.25, 0.3) is 6.08 Å². The van der Waals surface area contributed by atoms with Crippen LogP contribution in [0.15, 0.2) is 34.6 Å². The van der Waals surface area contributed by atoms with E-state index in [0.717, 1.165) is 11.0 Å². The van der Waals surface area contributed by atoms with Crippen LogP contribution in [0.1, 0.15) is 47.1 Å². The fourth-order valence-corrected chi connectivity index (χ4v) is 3.78. The van der Waals surface area contributed by atoms with Crippen molar-refractivity contribution in [3.05, 3.63) is 35.3 Å². The van der Waals surface area contributed by atoms with Crippen molar-refractivity contribution in [3.8, 4) is 0 Å². The molecule has 1 heterocycles.